The summed E-state index contributed by atoms with van der Waals surface area (Å²) in [6.45, 7) is 10.8. The van der Waals surface area contributed by atoms with E-state index in [2.05, 4.69) is 36.4 Å². The van der Waals surface area contributed by atoms with Crippen LogP contribution in [0.4, 0.5) is 0 Å². The molecule has 0 aromatic heterocycles. The largest absolute Gasteiger partial charge is 0.357 e. The quantitative estimate of drug-likeness (QED) is 0.608. The maximum absolute atomic E-state index is 12.7. The molecule has 1 aromatic carbocycles. The van der Waals surface area contributed by atoms with Crippen LogP contribution in [-0.4, -0.2) is 43.9 Å². The maximum Gasteiger partial charge on any atom is 0.243 e. The highest BCUT2D eigenvalue weighted by atomic mass is 32.2. The molecule has 1 aromatic rings. The number of rotatable bonds is 5. The minimum absolute atomic E-state index is 0.0760. The Morgan fingerprint density at radius 1 is 1.12 bits per heavy atom. The lowest BCUT2D eigenvalue weighted by Crippen LogP contribution is -2.47. The van der Waals surface area contributed by atoms with E-state index < -0.39 is 10.0 Å². The van der Waals surface area contributed by atoms with Crippen molar-refractivity contribution in [3.8, 4) is 0 Å². The first-order chi connectivity index (χ1) is 12.2. The van der Waals surface area contributed by atoms with E-state index in [0.29, 0.717) is 24.5 Å². The van der Waals surface area contributed by atoms with Crippen molar-refractivity contribution >= 4 is 16.0 Å². The summed E-state index contributed by atoms with van der Waals surface area (Å²) in [5.74, 6) is 0.755. The highest BCUT2D eigenvalue weighted by Gasteiger charge is 2.25. The van der Waals surface area contributed by atoms with Gasteiger partial charge in [0.15, 0.2) is 5.96 Å². The van der Waals surface area contributed by atoms with Crippen LogP contribution in [0.1, 0.15) is 52.5 Å². The lowest BCUT2D eigenvalue weighted by Gasteiger charge is -2.25. The lowest BCUT2D eigenvalue weighted by molar-refractivity contribution is 0.346. The molecular weight excluding hydrogens is 348 g/mol. The van der Waals surface area contributed by atoms with Gasteiger partial charge in [0.25, 0.3) is 0 Å². The highest BCUT2D eigenvalue weighted by Crippen LogP contribution is 2.21. The normalized spacial score (nSPS) is 17.2. The Labute approximate surface area is 158 Å². The summed E-state index contributed by atoms with van der Waals surface area (Å²) in [6, 6.07) is 7.08. The summed E-state index contributed by atoms with van der Waals surface area (Å²) in [5, 5.41) is 6.57. The monoisotopic (exact) mass is 380 g/mol. The van der Waals surface area contributed by atoms with Gasteiger partial charge in [0.2, 0.25) is 10.0 Å². The van der Waals surface area contributed by atoms with Gasteiger partial charge in [-0.3, -0.25) is 0 Å². The summed E-state index contributed by atoms with van der Waals surface area (Å²) >= 11 is 0. The van der Waals surface area contributed by atoms with E-state index in [1.54, 1.807) is 16.4 Å². The molecule has 6 nitrogen and oxygen atoms in total. The molecular formula is C19H32N4O2S. The molecule has 0 amide bonds. The zero-order valence-corrected chi connectivity index (χ0v) is 17.2. The molecule has 0 radical (unpaired) electrons. The Morgan fingerprint density at radius 3 is 2.27 bits per heavy atom. The average Bonchev–Trinajstić information content (AvgIpc) is 2.60. The summed E-state index contributed by atoms with van der Waals surface area (Å²) in [5.41, 5.74) is 0.904. The Bertz CT molecular complexity index is 700. The fourth-order valence-electron chi connectivity index (χ4n) is 2.85. The van der Waals surface area contributed by atoms with Gasteiger partial charge in [-0.15, -0.1) is 0 Å². The van der Waals surface area contributed by atoms with Crippen LogP contribution in [-0.2, 0) is 16.6 Å². The first-order valence-electron chi connectivity index (χ1n) is 9.38. The zero-order valence-electron chi connectivity index (χ0n) is 16.4. The molecule has 1 aliphatic rings. The Kier molecular flexibility index (Phi) is 7.06. The van der Waals surface area contributed by atoms with Crippen LogP contribution in [0, 0.1) is 0 Å². The molecule has 0 saturated carbocycles. The number of hydrogen-bond acceptors (Lipinski definition) is 3. The van der Waals surface area contributed by atoms with Gasteiger partial charge in [0.1, 0.15) is 0 Å². The van der Waals surface area contributed by atoms with E-state index in [0.717, 1.165) is 37.3 Å². The second-order valence-corrected chi connectivity index (χ2v) is 9.62. The Hall–Kier alpha value is -1.60. The highest BCUT2D eigenvalue weighted by molar-refractivity contribution is 7.89. The maximum atomic E-state index is 12.7. The van der Waals surface area contributed by atoms with Crippen molar-refractivity contribution < 1.29 is 8.42 Å². The number of piperidine rings is 1. The molecule has 2 rings (SSSR count). The van der Waals surface area contributed by atoms with E-state index in [1.807, 2.05) is 19.1 Å². The number of nitrogens with zero attached hydrogens (tertiary/aromatic N) is 2. The van der Waals surface area contributed by atoms with Crippen molar-refractivity contribution in [2.75, 3.05) is 19.6 Å². The molecule has 146 valence electrons. The Morgan fingerprint density at radius 2 is 1.73 bits per heavy atom. The lowest BCUT2D eigenvalue weighted by atomic mass is 10.1. The van der Waals surface area contributed by atoms with Crippen molar-refractivity contribution in [3.05, 3.63) is 29.8 Å². The number of aliphatic imine (C=N–C) groups is 1. The summed E-state index contributed by atoms with van der Waals surface area (Å²) < 4.78 is 27.0. The first-order valence-corrected chi connectivity index (χ1v) is 10.8. The molecule has 26 heavy (non-hydrogen) atoms. The minimum atomic E-state index is -3.37. The topological polar surface area (TPSA) is 73.8 Å². The number of sulfonamides is 1. The van der Waals surface area contributed by atoms with Crippen molar-refractivity contribution in [2.24, 2.45) is 4.99 Å². The third-order valence-electron chi connectivity index (χ3n) is 4.13. The fraction of sp³-hybridized carbons (Fsp3) is 0.632. The van der Waals surface area contributed by atoms with Gasteiger partial charge >= 0.3 is 0 Å². The van der Waals surface area contributed by atoms with Gasteiger partial charge in [-0.05, 0) is 58.2 Å². The summed E-state index contributed by atoms with van der Waals surface area (Å²) in [4.78, 5) is 4.95. The Balaban J connectivity index is 2.07. The molecule has 1 aliphatic heterocycles. The van der Waals surface area contributed by atoms with Gasteiger partial charge in [-0.1, -0.05) is 18.6 Å². The fourth-order valence-corrected chi connectivity index (χ4v) is 4.37. The minimum Gasteiger partial charge on any atom is -0.357 e. The van der Waals surface area contributed by atoms with Crippen LogP contribution in [0.15, 0.2) is 34.2 Å². The predicted octanol–water partition coefficient (Wildman–Crippen LogP) is 2.71. The van der Waals surface area contributed by atoms with Crippen LogP contribution in [0.2, 0.25) is 0 Å². The van der Waals surface area contributed by atoms with E-state index in [9.17, 15) is 8.42 Å². The standard InChI is InChI=1S/C19H32N4O2S/c1-5-20-18(22-19(2,3)4)21-15-16-9-11-17(12-10-16)26(24,25)23-13-7-6-8-14-23/h9-12H,5-8,13-15H2,1-4H3,(H2,20,21,22). The number of guanidine groups is 1. The number of hydrogen-bond donors (Lipinski definition) is 2. The second kappa shape index (κ2) is 8.86. The smallest absolute Gasteiger partial charge is 0.243 e. The molecule has 0 aliphatic carbocycles. The van der Waals surface area contributed by atoms with Gasteiger partial charge in [0, 0.05) is 25.2 Å². The molecule has 1 saturated heterocycles. The van der Waals surface area contributed by atoms with Gasteiger partial charge < -0.3 is 10.6 Å². The third-order valence-corrected chi connectivity index (χ3v) is 6.05. The second-order valence-electron chi connectivity index (χ2n) is 7.68. The SMILES string of the molecule is CCNC(=NCc1ccc(S(=O)(=O)N2CCCCC2)cc1)NC(C)(C)C. The third kappa shape index (κ3) is 5.99. The van der Waals surface area contributed by atoms with E-state index in [4.69, 9.17) is 0 Å². The van der Waals surface area contributed by atoms with E-state index in [-0.39, 0.29) is 5.54 Å². The van der Waals surface area contributed by atoms with Crippen molar-refractivity contribution in [1.29, 1.82) is 0 Å². The molecule has 1 fully saturated rings. The van der Waals surface area contributed by atoms with Crippen LogP contribution >= 0.6 is 0 Å². The molecule has 1 heterocycles. The first kappa shape index (κ1) is 20.7. The van der Waals surface area contributed by atoms with Gasteiger partial charge in [0.05, 0.1) is 11.4 Å². The van der Waals surface area contributed by atoms with Crippen molar-refractivity contribution in [3.63, 3.8) is 0 Å². The summed E-state index contributed by atoms with van der Waals surface area (Å²) in [6.07, 6.45) is 3.00. The predicted molar refractivity (Wildman–Crippen MR) is 107 cm³/mol. The average molecular weight is 381 g/mol. The van der Waals surface area contributed by atoms with E-state index in [1.165, 1.54) is 0 Å². The number of benzene rings is 1. The van der Waals surface area contributed by atoms with Crippen molar-refractivity contribution in [2.45, 2.75) is 63.9 Å². The molecule has 0 bridgehead atoms. The zero-order chi connectivity index (χ0) is 19.2. The molecule has 0 atom stereocenters. The van der Waals surface area contributed by atoms with Crippen molar-refractivity contribution in [1.82, 2.24) is 14.9 Å². The van der Waals surface area contributed by atoms with Crippen LogP contribution in [0.5, 0.6) is 0 Å². The molecule has 7 heteroatoms. The summed E-state index contributed by atoms with van der Waals surface area (Å²) in [7, 11) is -3.37. The molecule has 0 unspecified atom stereocenters. The van der Waals surface area contributed by atoms with Gasteiger partial charge in [-0.2, -0.15) is 4.31 Å². The van der Waals surface area contributed by atoms with Crippen LogP contribution in [0.25, 0.3) is 0 Å². The molecule has 0 spiro atoms. The molecule has 2 N–H and O–H groups in total. The van der Waals surface area contributed by atoms with E-state index >= 15 is 0 Å². The number of nitrogens with one attached hydrogen (secondary N) is 2. The van der Waals surface area contributed by atoms with Crippen LogP contribution in [0.3, 0.4) is 0 Å². The van der Waals surface area contributed by atoms with Crippen LogP contribution < -0.4 is 10.6 Å². The van der Waals surface area contributed by atoms with Gasteiger partial charge in [-0.25, -0.2) is 13.4 Å².